The summed E-state index contributed by atoms with van der Waals surface area (Å²) < 4.78 is 0. The molecular formula is C11H18N2OS. The van der Waals surface area contributed by atoms with Gasteiger partial charge in [0.25, 0.3) is 0 Å². The second-order valence-corrected chi connectivity index (χ2v) is 5.19. The van der Waals surface area contributed by atoms with Crippen molar-refractivity contribution in [2.45, 2.75) is 38.3 Å². The van der Waals surface area contributed by atoms with E-state index in [0.717, 1.165) is 6.42 Å². The summed E-state index contributed by atoms with van der Waals surface area (Å²) in [5.74, 6) is 0.445. The topological polar surface area (TPSA) is 45.1 Å². The van der Waals surface area contributed by atoms with Crippen LogP contribution in [0.3, 0.4) is 0 Å². The van der Waals surface area contributed by atoms with E-state index in [-0.39, 0.29) is 0 Å². The highest BCUT2D eigenvalue weighted by Gasteiger charge is 2.27. The van der Waals surface area contributed by atoms with Crippen molar-refractivity contribution in [2.24, 2.45) is 5.92 Å². The average molecular weight is 226 g/mol. The third kappa shape index (κ3) is 2.56. The number of aromatic nitrogens is 1. The Morgan fingerprint density at radius 2 is 2.53 bits per heavy atom. The summed E-state index contributed by atoms with van der Waals surface area (Å²) in [6, 6.07) is 0.835. The predicted octanol–water partition coefficient (Wildman–Crippen LogP) is 1.95. The second-order valence-electron chi connectivity index (χ2n) is 4.27. The van der Waals surface area contributed by atoms with Crippen LogP contribution in [0.5, 0.6) is 0 Å². The fraction of sp³-hybridized carbons (Fsp3) is 0.727. The maximum absolute atomic E-state index is 9.23. The molecule has 0 aliphatic heterocycles. The van der Waals surface area contributed by atoms with Crippen LogP contribution in [0.15, 0.2) is 11.7 Å². The van der Waals surface area contributed by atoms with E-state index in [0.29, 0.717) is 24.6 Å². The average Bonchev–Trinajstić information content (AvgIpc) is 2.87. The molecule has 3 nitrogen and oxygen atoms in total. The minimum absolute atomic E-state index is 0.313. The first-order valence-electron chi connectivity index (χ1n) is 5.56. The number of aliphatic hydroxyl groups excluding tert-OH is 1. The minimum atomic E-state index is 0.313. The van der Waals surface area contributed by atoms with E-state index in [2.05, 4.69) is 17.2 Å². The standard InChI is InChI=1S/C11H18N2OS/c1-8(11-5-12-7-15-11)13-10-4-2-3-9(10)6-14/h5,7-10,13-14H,2-4,6H2,1H3. The molecule has 1 aromatic heterocycles. The Balaban J connectivity index is 1.91. The Morgan fingerprint density at radius 3 is 3.20 bits per heavy atom. The molecule has 4 heteroatoms. The molecule has 1 aliphatic rings. The molecule has 0 aromatic carbocycles. The second kappa shape index (κ2) is 5.05. The SMILES string of the molecule is CC(NC1CCCC1CO)c1cncs1. The highest BCUT2D eigenvalue weighted by Crippen LogP contribution is 2.28. The van der Waals surface area contributed by atoms with Crippen LogP contribution in [0.2, 0.25) is 0 Å². The fourth-order valence-electron chi connectivity index (χ4n) is 2.32. The van der Waals surface area contributed by atoms with Gasteiger partial charge in [-0.2, -0.15) is 0 Å². The van der Waals surface area contributed by atoms with Crippen molar-refractivity contribution in [3.05, 3.63) is 16.6 Å². The van der Waals surface area contributed by atoms with Gasteiger partial charge in [0, 0.05) is 29.8 Å². The summed E-state index contributed by atoms with van der Waals surface area (Å²) in [5, 5.41) is 12.8. The zero-order chi connectivity index (χ0) is 10.7. The van der Waals surface area contributed by atoms with Gasteiger partial charge in [-0.3, -0.25) is 4.98 Å². The van der Waals surface area contributed by atoms with Crippen LogP contribution in [0, 0.1) is 5.92 Å². The van der Waals surface area contributed by atoms with Crippen molar-refractivity contribution in [3.8, 4) is 0 Å². The molecule has 1 heterocycles. The van der Waals surface area contributed by atoms with E-state index >= 15 is 0 Å². The molecule has 0 bridgehead atoms. The van der Waals surface area contributed by atoms with Crippen LogP contribution in [0.25, 0.3) is 0 Å². The molecule has 3 atom stereocenters. The molecule has 1 fully saturated rings. The largest absolute Gasteiger partial charge is 0.396 e. The van der Waals surface area contributed by atoms with Gasteiger partial charge in [-0.1, -0.05) is 6.42 Å². The van der Waals surface area contributed by atoms with E-state index in [1.807, 2.05) is 11.7 Å². The van der Waals surface area contributed by atoms with Gasteiger partial charge in [0.1, 0.15) is 0 Å². The summed E-state index contributed by atoms with van der Waals surface area (Å²) in [7, 11) is 0. The Labute approximate surface area is 94.5 Å². The molecule has 1 saturated carbocycles. The molecule has 2 N–H and O–H groups in total. The highest BCUT2D eigenvalue weighted by atomic mass is 32.1. The van der Waals surface area contributed by atoms with E-state index in [1.54, 1.807) is 11.3 Å². The zero-order valence-electron chi connectivity index (χ0n) is 9.02. The molecule has 0 saturated heterocycles. The Kier molecular flexibility index (Phi) is 3.72. The molecule has 2 rings (SSSR count). The lowest BCUT2D eigenvalue weighted by Crippen LogP contribution is -2.35. The lowest BCUT2D eigenvalue weighted by molar-refractivity contribution is 0.201. The van der Waals surface area contributed by atoms with Crippen molar-refractivity contribution in [2.75, 3.05) is 6.61 Å². The van der Waals surface area contributed by atoms with Gasteiger partial charge < -0.3 is 10.4 Å². The number of aliphatic hydroxyl groups is 1. The molecule has 84 valence electrons. The quantitative estimate of drug-likeness (QED) is 0.825. The summed E-state index contributed by atoms with van der Waals surface area (Å²) in [5.41, 5.74) is 1.87. The molecule has 0 radical (unpaired) electrons. The number of hydrogen-bond donors (Lipinski definition) is 2. The number of nitrogens with one attached hydrogen (secondary N) is 1. The first-order valence-corrected chi connectivity index (χ1v) is 6.44. The maximum atomic E-state index is 9.23. The van der Waals surface area contributed by atoms with E-state index < -0.39 is 0 Å². The predicted molar refractivity (Wildman–Crippen MR) is 61.9 cm³/mol. The summed E-state index contributed by atoms with van der Waals surface area (Å²) in [6.07, 6.45) is 5.50. The molecule has 1 aliphatic carbocycles. The highest BCUT2D eigenvalue weighted by molar-refractivity contribution is 7.09. The van der Waals surface area contributed by atoms with Crippen LogP contribution < -0.4 is 5.32 Å². The van der Waals surface area contributed by atoms with Gasteiger partial charge in [-0.15, -0.1) is 11.3 Å². The van der Waals surface area contributed by atoms with Crippen molar-refractivity contribution >= 4 is 11.3 Å². The minimum Gasteiger partial charge on any atom is -0.396 e. The van der Waals surface area contributed by atoms with Crippen molar-refractivity contribution in [1.82, 2.24) is 10.3 Å². The number of thiazole rings is 1. The third-order valence-electron chi connectivity index (χ3n) is 3.24. The molecular weight excluding hydrogens is 208 g/mol. The monoisotopic (exact) mass is 226 g/mol. The maximum Gasteiger partial charge on any atom is 0.0794 e. The smallest absolute Gasteiger partial charge is 0.0794 e. The lowest BCUT2D eigenvalue weighted by atomic mass is 10.0. The van der Waals surface area contributed by atoms with Gasteiger partial charge in [-0.05, 0) is 25.7 Å². The number of nitrogens with zero attached hydrogens (tertiary/aromatic N) is 1. The van der Waals surface area contributed by atoms with Crippen LogP contribution in [-0.4, -0.2) is 22.7 Å². The molecule has 0 amide bonds. The normalized spacial score (nSPS) is 28.1. The lowest BCUT2D eigenvalue weighted by Gasteiger charge is -2.23. The molecule has 1 aromatic rings. The van der Waals surface area contributed by atoms with Crippen LogP contribution in [0.4, 0.5) is 0 Å². The summed E-state index contributed by atoms with van der Waals surface area (Å²) in [4.78, 5) is 5.36. The Morgan fingerprint density at radius 1 is 1.67 bits per heavy atom. The van der Waals surface area contributed by atoms with Crippen molar-refractivity contribution < 1.29 is 5.11 Å². The zero-order valence-corrected chi connectivity index (χ0v) is 9.83. The fourth-order valence-corrected chi connectivity index (χ4v) is 2.95. The van der Waals surface area contributed by atoms with Crippen LogP contribution in [-0.2, 0) is 0 Å². The Hall–Kier alpha value is -0.450. The first-order chi connectivity index (χ1) is 7.31. The van der Waals surface area contributed by atoms with Crippen LogP contribution >= 0.6 is 11.3 Å². The first kappa shape index (κ1) is 11.0. The molecule has 0 spiro atoms. The van der Waals surface area contributed by atoms with Gasteiger partial charge in [0.05, 0.1) is 5.51 Å². The van der Waals surface area contributed by atoms with Crippen molar-refractivity contribution in [3.63, 3.8) is 0 Å². The molecule has 15 heavy (non-hydrogen) atoms. The van der Waals surface area contributed by atoms with Crippen molar-refractivity contribution in [1.29, 1.82) is 0 Å². The van der Waals surface area contributed by atoms with E-state index in [1.165, 1.54) is 17.7 Å². The van der Waals surface area contributed by atoms with Gasteiger partial charge in [0.15, 0.2) is 0 Å². The summed E-state index contributed by atoms with van der Waals surface area (Å²) in [6.45, 7) is 2.48. The Bertz CT molecular complexity index is 289. The van der Waals surface area contributed by atoms with Gasteiger partial charge >= 0.3 is 0 Å². The number of hydrogen-bond acceptors (Lipinski definition) is 4. The molecule has 3 unspecified atom stereocenters. The third-order valence-corrected chi connectivity index (χ3v) is 4.19. The van der Waals surface area contributed by atoms with Crippen LogP contribution in [0.1, 0.15) is 37.1 Å². The van der Waals surface area contributed by atoms with E-state index in [4.69, 9.17) is 0 Å². The summed E-state index contributed by atoms with van der Waals surface area (Å²) >= 11 is 1.69. The van der Waals surface area contributed by atoms with Gasteiger partial charge in [0.2, 0.25) is 0 Å². The van der Waals surface area contributed by atoms with E-state index in [9.17, 15) is 5.11 Å². The van der Waals surface area contributed by atoms with Gasteiger partial charge in [-0.25, -0.2) is 0 Å². The number of rotatable bonds is 4.